The van der Waals surface area contributed by atoms with Gasteiger partial charge in [0.05, 0.1) is 26.0 Å². The Bertz CT molecular complexity index is 1290. The number of aliphatic imine (C=N–C) groups is 1. The Morgan fingerprint density at radius 2 is 1.74 bits per heavy atom. The van der Waals surface area contributed by atoms with Gasteiger partial charge in [-0.3, -0.25) is 10.2 Å². The number of carbonyl (C=O) groups excluding carboxylic acids is 1. The maximum absolute atomic E-state index is 13.6. The number of nitrogens with one attached hydrogen (secondary N) is 1. The van der Waals surface area contributed by atoms with Crippen molar-refractivity contribution >= 4 is 23.4 Å². The lowest BCUT2D eigenvalue weighted by Gasteiger charge is -2.34. The zero-order chi connectivity index (χ0) is 24.2. The minimum absolute atomic E-state index is 0.303. The molecule has 1 aromatic heterocycles. The van der Waals surface area contributed by atoms with Gasteiger partial charge in [-0.25, -0.2) is 18.9 Å². The number of urea groups is 1. The summed E-state index contributed by atoms with van der Waals surface area (Å²) >= 11 is 0. The normalized spacial score (nSPS) is 19.3. The molecule has 0 bridgehead atoms. The van der Waals surface area contributed by atoms with E-state index in [9.17, 15) is 9.18 Å². The summed E-state index contributed by atoms with van der Waals surface area (Å²) in [6.07, 6.45) is 1.81. The van der Waals surface area contributed by atoms with E-state index in [1.165, 1.54) is 12.1 Å². The summed E-state index contributed by atoms with van der Waals surface area (Å²) in [5, 5.41) is 7.58. The first-order valence-electron chi connectivity index (χ1n) is 11.0. The molecular formula is C25H26FN5O3. The average Bonchev–Trinajstić information content (AvgIpc) is 3.38. The largest absolute Gasteiger partial charge is 0.493 e. The van der Waals surface area contributed by atoms with Crippen LogP contribution in [0, 0.1) is 5.82 Å². The van der Waals surface area contributed by atoms with E-state index < -0.39 is 6.04 Å². The molecule has 2 aliphatic rings. The Balaban J connectivity index is 1.72. The van der Waals surface area contributed by atoms with Crippen molar-refractivity contribution < 1.29 is 18.7 Å². The third-order valence-electron chi connectivity index (χ3n) is 6.17. The molecule has 0 radical (unpaired) electrons. The highest BCUT2D eigenvalue weighted by atomic mass is 19.1. The van der Waals surface area contributed by atoms with E-state index in [1.54, 1.807) is 31.3 Å². The Labute approximate surface area is 197 Å². The van der Waals surface area contributed by atoms with Crippen LogP contribution in [-0.2, 0) is 5.54 Å². The maximum atomic E-state index is 13.6. The molecule has 5 rings (SSSR count). The van der Waals surface area contributed by atoms with Gasteiger partial charge in [-0.15, -0.1) is 0 Å². The van der Waals surface area contributed by atoms with Gasteiger partial charge >= 0.3 is 6.03 Å². The number of fused-ring (bicyclic) bond motifs is 2. The molecule has 8 nitrogen and oxygen atoms in total. The molecule has 2 amide bonds. The van der Waals surface area contributed by atoms with E-state index in [0.717, 1.165) is 11.1 Å². The Hall–Kier alpha value is -3.88. The molecule has 2 aromatic carbocycles. The van der Waals surface area contributed by atoms with Gasteiger partial charge in [0.25, 0.3) is 0 Å². The second-order valence-corrected chi connectivity index (χ2v) is 9.32. The highest BCUT2D eigenvalue weighted by molar-refractivity contribution is 6.18. The highest BCUT2D eigenvalue weighted by Crippen LogP contribution is 2.46. The van der Waals surface area contributed by atoms with Gasteiger partial charge in [-0.2, -0.15) is 5.10 Å². The lowest BCUT2D eigenvalue weighted by Crippen LogP contribution is -2.42. The van der Waals surface area contributed by atoms with Gasteiger partial charge in [0.2, 0.25) is 0 Å². The van der Waals surface area contributed by atoms with Gasteiger partial charge in [0.1, 0.15) is 17.7 Å². The minimum Gasteiger partial charge on any atom is -0.493 e. The van der Waals surface area contributed by atoms with Crippen molar-refractivity contribution in [3.8, 4) is 11.5 Å². The number of anilines is 1. The number of hydrogen-bond donors (Lipinski definition) is 1. The summed E-state index contributed by atoms with van der Waals surface area (Å²) in [6, 6.07) is 10.8. The van der Waals surface area contributed by atoms with Crippen LogP contribution in [0.4, 0.5) is 20.7 Å². The molecule has 2 atom stereocenters. The molecule has 0 aliphatic carbocycles. The van der Waals surface area contributed by atoms with Gasteiger partial charge in [0.15, 0.2) is 17.3 Å². The number of benzene rings is 2. The molecule has 1 N–H and O–H groups in total. The third-order valence-corrected chi connectivity index (χ3v) is 6.17. The second kappa shape index (κ2) is 7.86. The molecule has 0 saturated carbocycles. The molecule has 9 heteroatoms. The van der Waals surface area contributed by atoms with Gasteiger partial charge in [-0.05, 0) is 62.7 Å². The van der Waals surface area contributed by atoms with E-state index in [1.807, 2.05) is 29.1 Å². The predicted molar refractivity (Wildman–Crippen MR) is 127 cm³/mol. The van der Waals surface area contributed by atoms with Gasteiger partial charge in [-0.1, -0.05) is 6.07 Å². The van der Waals surface area contributed by atoms with Crippen molar-refractivity contribution in [2.45, 2.75) is 38.3 Å². The summed E-state index contributed by atoms with van der Waals surface area (Å²) in [5.41, 5.74) is 2.06. The highest BCUT2D eigenvalue weighted by Gasteiger charge is 2.48. The van der Waals surface area contributed by atoms with Crippen LogP contribution in [-0.4, -0.2) is 41.9 Å². The molecular weight excluding hydrogens is 437 g/mol. The summed E-state index contributed by atoms with van der Waals surface area (Å²) < 4.78 is 26.5. The molecule has 1 saturated heterocycles. The summed E-state index contributed by atoms with van der Waals surface area (Å²) in [7, 11) is 3.17. The SMILES string of the molecule is COc1ccc([C@H]2c3cnn(C(C)(C)C)c3N=C3NC(=O)N(c4ccc(F)cc4)[C@H]32)cc1OC. The number of ether oxygens (including phenoxy) is 2. The Kier molecular flexibility index (Phi) is 5.07. The number of amides is 2. The lowest BCUT2D eigenvalue weighted by molar-refractivity contribution is 0.252. The standard InChI is InChI=1S/C25H26FN5O3/c1-25(2,3)31-23-17(13-27-31)20(14-6-11-18(33-4)19(12-14)34-5)21-22(28-23)29-24(32)30(21)16-9-7-15(26)8-10-16/h6-13,20-21H,1-5H3,(H,28,29,32)/t20-,21-/m0/s1. The van der Waals surface area contributed by atoms with Crippen LogP contribution in [0.3, 0.4) is 0 Å². The van der Waals surface area contributed by atoms with Crippen molar-refractivity contribution in [1.82, 2.24) is 15.1 Å². The average molecular weight is 464 g/mol. The van der Waals surface area contributed by atoms with Crippen molar-refractivity contribution in [1.29, 1.82) is 0 Å². The number of methoxy groups -OCH3 is 2. The monoisotopic (exact) mass is 463 g/mol. The fraction of sp³-hybridized carbons (Fsp3) is 0.320. The quantitative estimate of drug-likeness (QED) is 0.615. The minimum atomic E-state index is -0.471. The van der Waals surface area contributed by atoms with Crippen LogP contribution in [0.2, 0.25) is 0 Å². The van der Waals surface area contributed by atoms with E-state index in [0.29, 0.717) is 28.8 Å². The summed E-state index contributed by atoms with van der Waals surface area (Å²) in [5.74, 6) is 1.73. The second-order valence-electron chi connectivity index (χ2n) is 9.32. The summed E-state index contributed by atoms with van der Waals surface area (Å²) in [4.78, 5) is 19.6. The smallest absolute Gasteiger partial charge is 0.328 e. The lowest BCUT2D eigenvalue weighted by atomic mass is 9.83. The molecule has 0 unspecified atom stereocenters. The number of amidine groups is 1. The predicted octanol–water partition coefficient (Wildman–Crippen LogP) is 4.57. The number of nitrogens with zero attached hydrogens (tertiary/aromatic N) is 4. The number of carbonyl (C=O) groups is 1. The Morgan fingerprint density at radius 3 is 2.38 bits per heavy atom. The molecule has 0 spiro atoms. The van der Waals surface area contributed by atoms with Crippen LogP contribution >= 0.6 is 0 Å². The fourth-order valence-corrected chi connectivity index (χ4v) is 4.64. The zero-order valence-corrected chi connectivity index (χ0v) is 19.7. The molecule has 176 valence electrons. The maximum Gasteiger partial charge on any atom is 0.328 e. The van der Waals surface area contributed by atoms with E-state index in [4.69, 9.17) is 14.5 Å². The van der Waals surface area contributed by atoms with Crippen LogP contribution in [0.15, 0.2) is 53.7 Å². The molecule has 34 heavy (non-hydrogen) atoms. The Morgan fingerprint density at radius 1 is 1.03 bits per heavy atom. The fourth-order valence-electron chi connectivity index (χ4n) is 4.64. The first-order valence-corrected chi connectivity index (χ1v) is 11.0. The van der Waals surface area contributed by atoms with Crippen LogP contribution in [0.5, 0.6) is 11.5 Å². The van der Waals surface area contributed by atoms with Crippen molar-refractivity contribution in [2.75, 3.05) is 19.1 Å². The van der Waals surface area contributed by atoms with E-state index in [-0.39, 0.29) is 23.3 Å². The number of halogens is 1. The van der Waals surface area contributed by atoms with Crippen LogP contribution in [0.1, 0.15) is 37.8 Å². The third kappa shape index (κ3) is 3.39. The van der Waals surface area contributed by atoms with Crippen molar-refractivity contribution in [3.63, 3.8) is 0 Å². The molecule has 3 heterocycles. The summed E-state index contributed by atoms with van der Waals surface area (Å²) in [6.45, 7) is 6.15. The number of hydrogen-bond acceptors (Lipinski definition) is 5. The molecule has 2 aliphatic heterocycles. The topological polar surface area (TPSA) is 81.0 Å². The zero-order valence-electron chi connectivity index (χ0n) is 19.7. The van der Waals surface area contributed by atoms with Crippen molar-refractivity contribution in [2.24, 2.45) is 4.99 Å². The van der Waals surface area contributed by atoms with E-state index in [2.05, 4.69) is 31.2 Å². The van der Waals surface area contributed by atoms with Crippen molar-refractivity contribution in [3.05, 3.63) is 65.6 Å². The van der Waals surface area contributed by atoms with Gasteiger partial charge < -0.3 is 9.47 Å². The number of aromatic nitrogens is 2. The van der Waals surface area contributed by atoms with Crippen LogP contribution < -0.4 is 19.7 Å². The number of rotatable bonds is 4. The van der Waals surface area contributed by atoms with Crippen LogP contribution in [0.25, 0.3) is 0 Å². The van der Waals surface area contributed by atoms with Gasteiger partial charge in [0, 0.05) is 17.2 Å². The molecule has 1 fully saturated rings. The first kappa shape index (κ1) is 21.9. The molecule has 3 aromatic rings. The first-order chi connectivity index (χ1) is 16.2. The van der Waals surface area contributed by atoms with E-state index >= 15 is 0 Å².